The number of nitrogens with one attached hydrogen (secondary N) is 3. The van der Waals surface area contributed by atoms with Crippen molar-refractivity contribution in [2.75, 3.05) is 17.2 Å². The number of anilines is 2. The number of rotatable bonds is 6. The van der Waals surface area contributed by atoms with E-state index < -0.39 is 10.8 Å². The maximum atomic E-state index is 12.2. The molecule has 1 aromatic heterocycles. The smallest absolute Gasteiger partial charge is 0.282 e. The van der Waals surface area contributed by atoms with Crippen LogP contribution in [0.5, 0.6) is 0 Å². The van der Waals surface area contributed by atoms with Gasteiger partial charge in [0.2, 0.25) is 0 Å². The van der Waals surface area contributed by atoms with Crippen LogP contribution in [0.1, 0.15) is 23.7 Å². The minimum absolute atomic E-state index is 0.00213. The first-order valence-electron chi connectivity index (χ1n) is 6.44. The Morgan fingerprint density at radius 2 is 2.24 bits per heavy atom. The molecule has 21 heavy (non-hydrogen) atoms. The molecule has 0 aliphatic heterocycles. The van der Waals surface area contributed by atoms with Crippen LogP contribution in [0.2, 0.25) is 0 Å². The summed E-state index contributed by atoms with van der Waals surface area (Å²) in [7, 11) is 0. The number of nitro benzene ring substituents is 1. The quantitative estimate of drug-likeness (QED) is 0.558. The predicted molar refractivity (Wildman–Crippen MR) is 78.4 cm³/mol. The molecule has 0 fully saturated rings. The Labute approximate surface area is 120 Å². The first-order chi connectivity index (χ1) is 10.1. The predicted octanol–water partition coefficient (Wildman–Crippen LogP) is 2.39. The number of benzene rings is 1. The number of hydrogen-bond donors (Lipinski definition) is 3. The highest BCUT2D eigenvalue weighted by molar-refractivity contribution is 6.07. The van der Waals surface area contributed by atoms with E-state index in [4.69, 9.17) is 0 Å². The van der Waals surface area contributed by atoms with E-state index in [0.29, 0.717) is 11.4 Å². The lowest BCUT2D eigenvalue weighted by Gasteiger charge is -2.08. The number of aromatic amines is 1. The van der Waals surface area contributed by atoms with Crippen LogP contribution in [0.4, 0.5) is 17.1 Å². The lowest BCUT2D eigenvalue weighted by Crippen LogP contribution is -2.14. The third-order valence-electron chi connectivity index (χ3n) is 2.77. The highest BCUT2D eigenvalue weighted by atomic mass is 16.6. The molecule has 0 unspecified atom stereocenters. The Hall–Kier alpha value is -2.90. The molecule has 8 heteroatoms. The van der Waals surface area contributed by atoms with Crippen molar-refractivity contribution in [1.29, 1.82) is 0 Å². The SMILES string of the molecule is CCCNc1ccc([N+](=O)[O-])c(C(=O)Nc2cn[nH]c2)c1. The zero-order valence-electron chi connectivity index (χ0n) is 11.4. The zero-order valence-corrected chi connectivity index (χ0v) is 11.4. The summed E-state index contributed by atoms with van der Waals surface area (Å²) >= 11 is 0. The van der Waals surface area contributed by atoms with Gasteiger partial charge in [-0.1, -0.05) is 6.92 Å². The molecule has 1 amide bonds. The summed E-state index contributed by atoms with van der Waals surface area (Å²) in [6.07, 6.45) is 3.82. The van der Waals surface area contributed by atoms with Crippen LogP contribution in [0.15, 0.2) is 30.6 Å². The maximum Gasteiger partial charge on any atom is 0.282 e. The number of amides is 1. The summed E-state index contributed by atoms with van der Waals surface area (Å²) in [6, 6.07) is 4.38. The molecule has 110 valence electrons. The normalized spacial score (nSPS) is 10.1. The Morgan fingerprint density at radius 3 is 2.86 bits per heavy atom. The van der Waals surface area contributed by atoms with Crippen molar-refractivity contribution >= 4 is 23.0 Å². The Balaban J connectivity index is 2.29. The average molecular weight is 289 g/mol. The lowest BCUT2D eigenvalue weighted by atomic mass is 10.1. The van der Waals surface area contributed by atoms with E-state index in [1.165, 1.54) is 24.5 Å². The third kappa shape index (κ3) is 3.56. The topological polar surface area (TPSA) is 113 Å². The zero-order chi connectivity index (χ0) is 15.2. The summed E-state index contributed by atoms with van der Waals surface area (Å²) in [5, 5.41) is 22.9. The molecule has 0 aliphatic carbocycles. The van der Waals surface area contributed by atoms with Crippen LogP contribution < -0.4 is 10.6 Å². The van der Waals surface area contributed by atoms with Crippen LogP contribution in [0, 0.1) is 10.1 Å². The first-order valence-corrected chi connectivity index (χ1v) is 6.44. The number of carbonyl (C=O) groups is 1. The Morgan fingerprint density at radius 1 is 1.43 bits per heavy atom. The standard InChI is InChI=1S/C13H15N5O3/c1-2-5-14-9-3-4-12(18(20)21)11(6-9)13(19)17-10-7-15-16-8-10/h3-4,6-8,14H,2,5H2,1H3,(H,15,16)(H,17,19). The van der Waals surface area contributed by atoms with E-state index in [9.17, 15) is 14.9 Å². The second-order valence-electron chi connectivity index (χ2n) is 4.36. The summed E-state index contributed by atoms with van der Waals surface area (Å²) in [6.45, 7) is 2.73. The first kappa shape index (κ1) is 14.5. The van der Waals surface area contributed by atoms with Gasteiger partial charge in [0.15, 0.2) is 0 Å². The van der Waals surface area contributed by atoms with Crippen molar-refractivity contribution in [3.63, 3.8) is 0 Å². The number of carbonyl (C=O) groups excluding carboxylic acids is 1. The van der Waals surface area contributed by atoms with Gasteiger partial charge in [0.25, 0.3) is 11.6 Å². The maximum absolute atomic E-state index is 12.2. The number of hydrogen-bond acceptors (Lipinski definition) is 5. The largest absolute Gasteiger partial charge is 0.385 e. The van der Waals surface area contributed by atoms with Gasteiger partial charge in [0.05, 0.1) is 16.8 Å². The molecule has 0 aliphatic rings. The fraction of sp³-hybridized carbons (Fsp3) is 0.231. The van der Waals surface area contributed by atoms with Gasteiger partial charge in [-0.2, -0.15) is 5.10 Å². The average Bonchev–Trinajstić information content (AvgIpc) is 2.97. The van der Waals surface area contributed by atoms with Gasteiger partial charge in [-0.05, 0) is 18.6 Å². The number of nitrogens with zero attached hydrogens (tertiary/aromatic N) is 2. The minimum atomic E-state index is -0.576. The van der Waals surface area contributed by atoms with Crippen LogP contribution in [-0.4, -0.2) is 27.6 Å². The van der Waals surface area contributed by atoms with Crippen LogP contribution in [0.25, 0.3) is 0 Å². The molecule has 0 saturated carbocycles. The molecule has 0 radical (unpaired) electrons. The Bertz CT molecular complexity index is 639. The minimum Gasteiger partial charge on any atom is -0.385 e. The molecule has 3 N–H and O–H groups in total. The molecule has 1 aromatic carbocycles. The van der Waals surface area contributed by atoms with Gasteiger partial charge in [-0.3, -0.25) is 20.0 Å². The second-order valence-corrected chi connectivity index (χ2v) is 4.36. The molecule has 0 bridgehead atoms. The Kier molecular flexibility index (Phi) is 4.50. The molecule has 2 aromatic rings. The van der Waals surface area contributed by atoms with Crippen molar-refractivity contribution in [3.05, 3.63) is 46.3 Å². The number of H-pyrrole nitrogens is 1. The molecular formula is C13H15N5O3. The monoisotopic (exact) mass is 289 g/mol. The number of nitro groups is 1. The van der Waals surface area contributed by atoms with E-state index in [1.807, 2.05) is 6.92 Å². The van der Waals surface area contributed by atoms with Crippen molar-refractivity contribution in [2.45, 2.75) is 13.3 Å². The van der Waals surface area contributed by atoms with Gasteiger partial charge < -0.3 is 10.6 Å². The third-order valence-corrected chi connectivity index (χ3v) is 2.77. The molecular weight excluding hydrogens is 274 g/mol. The van der Waals surface area contributed by atoms with Crippen LogP contribution in [0.3, 0.4) is 0 Å². The van der Waals surface area contributed by atoms with Crippen molar-refractivity contribution in [1.82, 2.24) is 10.2 Å². The molecule has 1 heterocycles. The number of aromatic nitrogens is 2. The summed E-state index contributed by atoms with van der Waals surface area (Å²) in [4.78, 5) is 22.6. The highest BCUT2D eigenvalue weighted by Gasteiger charge is 2.21. The summed E-state index contributed by atoms with van der Waals surface area (Å²) in [5.41, 5.74) is 0.876. The molecule has 0 saturated heterocycles. The van der Waals surface area contributed by atoms with E-state index in [1.54, 1.807) is 6.07 Å². The van der Waals surface area contributed by atoms with Crippen molar-refractivity contribution < 1.29 is 9.72 Å². The van der Waals surface area contributed by atoms with E-state index in [0.717, 1.165) is 13.0 Å². The van der Waals surface area contributed by atoms with Gasteiger partial charge >= 0.3 is 0 Å². The fourth-order valence-electron chi connectivity index (χ4n) is 1.77. The molecule has 0 atom stereocenters. The van der Waals surface area contributed by atoms with Crippen LogP contribution >= 0.6 is 0 Å². The molecule has 2 rings (SSSR count). The summed E-state index contributed by atoms with van der Waals surface area (Å²) < 4.78 is 0. The van der Waals surface area contributed by atoms with Gasteiger partial charge in [0.1, 0.15) is 5.56 Å². The molecule has 8 nitrogen and oxygen atoms in total. The highest BCUT2D eigenvalue weighted by Crippen LogP contribution is 2.23. The summed E-state index contributed by atoms with van der Waals surface area (Å²) in [5.74, 6) is -0.553. The van der Waals surface area contributed by atoms with Gasteiger partial charge in [-0.15, -0.1) is 0 Å². The fourth-order valence-corrected chi connectivity index (χ4v) is 1.77. The van der Waals surface area contributed by atoms with Crippen molar-refractivity contribution in [3.8, 4) is 0 Å². The lowest BCUT2D eigenvalue weighted by molar-refractivity contribution is -0.385. The van der Waals surface area contributed by atoms with Crippen molar-refractivity contribution in [2.24, 2.45) is 0 Å². The van der Waals surface area contributed by atoms with Gasteiger partial charge in [0, 0.05) is 24.5 Å². The van der Waals surface area contributed by atoms with E-state index in [2.05, 4.69) is 20.8 Å². The van der Waals surface area contributed by atoms with E-state index >= 15 is 0 Å². The van der Waals surface area contributed by atoms with Gasteiger partial charge in [-0.25, -0.2) is 0 Å². The van der Waals surface area contributed by atoms with E-state index in [-0.39, 0.29) is 11.3 Å². The second kappa shape index (κ2) is 6.51. The molecule has 0 spiro atoms. The van der Waals surface area contributed by atoms with Crippen LogP contribution in [-0.2, 0) is 0 Å².